The fourth-order valence-corrected chi connectivity index (χ4v) is 1.70. The maximum Gasteiger partial charge on any atom is 0.0716 e. The average molecular weight is 241 g/mol. The molecule has 0 aliphatic rings. The highest BCUT2D eigenvalue weighted by molar-refractivity contribution is 6.30. The first-order valence-corrected chi connectivity index (χ1v) is 6.53. The zero-order valence-corrected chi connectivity index (χ0v) is 10.8. The first-order valence-electron chi connectivity index (χ1n) is 6.15. The van der Waals surface area contributed by atoms with Crippen LogP contribution < -0.4 is 0 Å². The van der Waals surface area contributed by atoms with Gasteiger partial charge in [-0.2, -0.15) is 0 Å². The summed E-state index contributed by atoms with van der Waals surface area (Å²) in [6.07, 6.45) is 6.44. The summed E-state index contributed by atoms with van der Waals surface area (Å²) in [5, 5.41) is 0.781. The Hall–Kier alpha value is -0.530. The van der Waals surface area contributed by atoms with E-state index in [2.05, 4.69) is 6.92 Å². The van der Waals surface area contributed by atoms with Crippen molar-refractivity contribution in [3.8, 4) is 0 Å². The molecule has 0 amide bonds. The minimum atomic E-state index is 0.699. The van der Waals surface area contributed by atoms with E-state index in [0.717, 1.165) is 11.6 Å². The molecule has 0 aliphatic carbocycles. The quantitative estimate of drug-likeness (QED) is 0.592. The van der Waals surface area contributed by atoms with Crippen LogP contribution in [0.2, 0.25) is 5.02 Å². The van der Waals surface area contributed by atoms with Gasteiger partial charge in [-0.05, 0) is 24.1 Å². The van der Waals surface area contributed by atoms with Crippen LogP contribution in [0.5, 0.6) is 0 Å². The van der Waals surface area contributed by atoms with Crippen LogP contribution in [-0.4, -0.2) is 6.61 Å². The van der Waals surface area contributed by atoms with Gasteiger partial charge in [0.05, 0.1) is 6.61 Å². The molecule has 1 nitrogen and oxygen atoms in total. The molecule has 0 saturated carbocycles. The van der Waals surface area contributed by atoms with Crippen LogP contribution in [0.15, 0.2) is 24.3 Å². The van der Waals surface area contributed by atoms with Crippen LogP contribution in [0.4, 0.5) is 0 Å². The van der Waals surface area contributed by atoms with Crippen LogP contribution in [0.3, 0.4) is 0 Å². The fraction of sp³-hybridized carbons (Fsp3) is 0.571. The third-order valence-corrected chi connectivity index (χ3v) is 2.83. The minimum absolute atomic E-state index is 0.699. The van der Waals surface area contributed by atoms with Crippen molar-refractivity contribution in [3.05, 3.63) is 34.9 Å². The lowest BCUT2D eigenvalue weighted by Crippen LogP contribution is -1.95. The van der Waals surface area contributed by atoms with Crippen molar-refractivity contribution in [1.29, 1.82) is 0 Å². The van der Waals surface area contributed by atoms with Gasteiger partial charge in [-0.15, -0.1) is 0 Å². The van der Waals surface area contributed by atoms with Gasteiger partial charge in [0.15, 0.2) is 0 Å². The number of rotatable bonds is 8. The second kappa shape index (κ2) is 8.60. The van der Waals surface area contributed by atoms with Crippen molar-refractivity contribution in [2.45, 2.75) is 45.6 Å². The molecule has 2 heteroatoms. The molecule has 1 rings (SSSR count). The van der Waals surface area contributed by atoms with Crippen LogP contribution in [0.25, 0.3) is 0 Å². The van der Waals surface area contributed by atoms with Gasteiger partial charge < -0.3 is 4.74 Å². The molecule has 0 bridgehead atoms. The summed E-state index contributed by atoms with van der Waals surface area (Å²) in [5.74, 6) is 0. The minimum Gasteiger partial charge on any atom is -0.377 e. The van der Waals surface area contributed by atoms with Crippen molar-refractivity contribution in [3.63, 3.8) is 0 Å². The van der Waals surface area contributed by atoms with Crippen LogP contribution >= 0.6 is 11.6 Å². The summed E-state index contributed by atoms with van der Waals surface area (Å²) in [7, 11) is 0. The lowest BCUT2D eigenvalue weighted by atomic mass is 10.2. The Bertz CT molecular complexity index is 269. The summed E-state index contributed by atoms with van der Waals surface area (Å²) in [6.45, 7) is 3.80. The Morgan fingerprint density at radius 3 is 2.38 bits per heavy atom. The number of hydrogen-bond donors (Lipinski definition) is 0. The van der Waals surface area contributed by atoms with E-state index in [1.165, 1.54) is 37.7 Å². The zero-order chi connectivity index (χ0) is 11.6. The smallest absolute Gasteiger partial charge is 0.0716 e. The average Bonchev–Trinajstić information content (AvgIpc) is 2.30. The number of unbranched alkanes of at least 4 members (excludes halogenated alkanes) is 4. The van der Waals surface area contributed by atoms with E-state index in [0.29, 0.717) is 6.61 Å². The molecule has 1 aromatic rings. The zero-order valence-electron chi connectivity index (χ0n) is 10.0. The summed E-state index contributed by atoms with van der Waals surface area (Å²) in [6, 6.07) is 7.84. The number of ether oxygens (including phenoxy) is 1. The molecule has 0 spiro atoms. The maximum atomic E-state index is 5.80. The highest BCUT2D eigenvalue weighted by Gasteiger charge is 1.94. The van der Waals surface area contributed by atoms with E-state index in [1.807, 2.05) is 24.3 Å². The predicted octanol–water partition coefficient (Wildman–Crippen LogP) is 4.83. The van der Waals surface area contributed by atoms with E-state index in [-0.39, 0.29) is 0 Å². The van der Waals surface area contributed by atoms with Gasteiger partial charge in [0.1, 0.15) is 0 Å². The Labute approximate surface area is 104 Å². The SMILES string of the molecule is CCCCCCCOCc1ccc(Cl)cc1. The van der Waals surface area contributed by atoms with Crippen molar-refractivity contribution in [2.24, 2.45) is 0 Å². The summed E-state index contributed by atoms with van der Waals surface area (Å²) >= 11 is 5.80. The first-order chi connectivity index (χ1) is 7.83. The van der Waals surface area contributed by atoms with Crippen LogP contribution in [-0.2, 0) is 11.3 Å². The molecule has 0 heterocycles. The van der Waals surface area contributed by atoms with Gasteiger partial charge in [0.25, 0.3) is 0 Å². The van der Waals surface area contributed by atoms with Crippen LogP contribution in [0.1, 0.15) is 44.6 Å². The third kappa shape index (κ3) is 6.14. The Kier molecular flexibility index (Phi) is 7.28. The lowest BCUT2D eigenvalue weighted by molar-refractivity contribution is 0.116. The monoisotopic (exact) mass is 240 g/mol. The van der Waals surface area contributed by atoms with Crippen molar-refractivity contribution >= 4 is 11.6 Å². The number of halogens is 1. The molecule has 1 aromatic carbocycles. The molecule has 16 heavy (non-hydrogen) atoms. The first kappa shape index (κ1) is 13.5. The molecule has 0 N–H and O–H groups in total. The highest BCUT2D eigenvalue weighted by Crippen LogP contribution is 2.10. The van der Waals surface area contributed by atoms with E-state index >= 15 is 0 Å². The summed E-state index contributed by atoms with van der Waals surface area (Å²) in [5.41, 5.74) is 1.19. The molecule has 90 valence electrons. The molecule has 0 aliphatic heterocycles. The van der Waals surface area contributed by atoms with Gasteiger partial charge in [-0.3, -0.25) is 0 Å². The Balaban J connectivity index is 2.01. The standard InChI is InChI=1S/C14H21ClO/c1-2-3-4-5-6-11-16-12-13-7-9-14(15)10-8-13/h7-10H,2-6,11-12H2,1H3. The third-order valence-electron chi connectivity index (χ3n) is 2.57. The van der Waals surface area contributed by atoms with Gasteiger partial charge in [0.2, 0.25) is 0 Å². The van der Waals surface area contributed by atoms with Gasteiger partial charge >= 0.3 is 0 Å². The normalized spacial score (nSPS) is 10.6. The second-order valence-corrected chi connectivity index (χ2v) is 4.53. The highest BCUT2D eigenvalue weighted by atomic mass is 35.5. The molecule has 0 unspecified atom stereocenters. The number of benzene rings is 1. The van der Waals surface area contributed by atoms with Crippen molar-refractivity contribution < 1.29 is 4.74 Å². The molecular weight excluding hydrogens is 220 g/mol. The molecular formula is C14H21ClO. The maximum absolute atomic E-state index is 5.80. The molecule has 0 radical (unpaired) electrons. The van der Waals surface area contributed by atoms with E-state index < -0.39 is 0 Å². The van der Waals surface area contributed by atoms with E-state index in [9.17, 15) is 0 Å². The summed E-state index contributed by atoms with van der Waals surface area (Å²) < 4.78 is 5.60. The predicted molar refractivity (Wildman–Crippen MR) is 69.9 cm³/mol. The van der Waals surface area contributed by atoms with E-state index in [4.69, 9.17) is 16.3 Å². The number of hydrogen-bond acceptors (Lipinski definition) is 1. The van der Waals surface area contributed by atoms with Gasteiger partial charge in [-0.1, -0.05) is 56.3 Å². The van der Waals surface area contributed by atoms with Gasteiger partial charge in [0, 0.05) is 11.6 Å². The topological polar surface area (TPSA) is 9.23 Å². The molecule has 0 aromatic heterocycles. The Morgan fingerprint density at radius 2 is 1.69 bits per heavy atom. The lowest BCUT2D eigenvalue weighted by Gasteiger charge is -2.04. The van der Waals surface area contributed by atoms with Crippen LogP contribution in [0, 0.1) is 0 Å². The largest absolute Gasteiger partial charge is 0.377 e. The Morgan fingerprint density at radius 1 is 1.00 bits per heavy atom. The molecule has 0 fully saturated rings. The molecule has 0 saturated heterocycles. The molecule has 0 atom stereocenters. The van der Waals surface area contributed by atoms with Crippen molar-refractivity contribution in [2.75, 3.05) is 6.61 Å². The van der Waals surface area contributed by atoms with E-state index in [1.54, 1.807) is 0 Å². The van der Waals surface area contributed by atoms with Crippen molar-refractivity contribution in [1.82, 2.24) is 0 Å². The van der Waals surface area contributed by atoms with Gasteiger partial charge in [-0.25, -0.2) is 0 Å². The fourth-order valence-electron chi connectivity index (χ4n) is 1.58. The summed E-state index contributed by atoms with van der Waals surface area (Å²) in [4.78, 5) is 0. The second-order valence-electron chi connectivity index (χ2n) is 4.09.